The second kappa shape index (κ2) is 8.38. The number of anilines is 1. The molecule has 2 aromatic rings. The van der Waals surface area contributed by atoms with Gasteiger partial charge in [-0.1, -0.05) is 23.2 Å². The highest BCUT2D eigenvalue weighted by atomic mass is 35.5. The van der Waals surface area contributed by atoms with Crippen LogP contribution in [0.25, 0.3) is 0 Å². The first kappa shape index (κ1) is 19.8. The Kier molecular flexibility index (Phi) is 6.15. The van der Waals surface area contributed by atoms with Crippen LogP contribution in [0.1, 0.15) is 18.1 Å². The van der Waals surface area contributed by atoms with Crippen LogP contribution < -0.4 is 14.8 Å². The number of nitrogens with one attached hydrogen (secondary N) is 1. The summed E-state index contributed by atoms with van der Waals surface area (Å²) < 4.78 is 10.8. The molecule has 3 rings (SSSR count). The fourth-order valence-corrected chi connectivity index (χ4v) is 3.57. The van der Waals surface area contributed by atoms with E-state index in [-0.39, 0.29) is 11.9 Å². The minimum Gasteiger partial charge on any atom is -0.493 e. The zero-order valence-corrected chi connectivity index (χ0v) is 17.0. The fourth-order valence-electron chi connectivity index (χ4n) is 3.23. The number of carbonyl (C=O) groups excluding carboxylic acids is 1. The first-order valence-corrected chi connectivity index (χ1v) is 9.42. The zero-order chi connectivity index (χ0) is 19.6. The molecule has 1 heterocycles. The molecular formula is C20H22Cl2N2O3. The lowest BCUT2D eigenvalue weighted by Crippen LogP contribution is -2.44. The third-order valence-corrected chi connectivity index (χ3v) is 5.43. The molecule has 0 fully saturated rings. The number of hydrogen-bond acceptors (Lipinski definition) is 4. The summed E-state index contributed by atoms with van der Waals surface area (Å²) in [5.74, 6) is 1.30. The van der Waals surface area contributed by atoms with Crippen molar-refractivity contribution in [1.82, 2.24) is 4.90 Å². The van der Waals surface area contributed by atoms with Gasteiger partial charge in [0.1, 0.15) is 0 Å². The summed E-state index contributed by atoms with van der Waals surface area (Å²) in [4.78, 5) is 14.8. The van der Waals surface area contributed by atoms with Crippen molar-refractivity contribution in [2.45, 2.75) is 25.9 Å². The van der Waals surface area contributed by atoms with E-state index in [2.05, 4.69) is 10.2 Å². The van der Waals surface area contributed by atoms with Gasteiger partial charge in [0.15, 0.2) is 11.5 Å². The normalized spacial score (nSPS) is 15.0. The lowest BCUT2D eigenvalue weighted by atomic mass is 9.97. The monoisotopic (exact) mass is 408 g/mol. The second-order valence-corrected chi connectivity index (χ2v) is 7.33. The summed E-state index contributed by atoms with van der Waals surface area (Å²) >= 11 is 12.1. The number of nitrogens with zero attached hydrogens (tertiary/aromatic N) is 1. The van der Waals surface area contributed by atoms with Crippen LogP contribution in [0.2, 0.25) is 10.0 Å². The molecule has 0 bridgehead atoms. The van der Waals surface area contributed by atoms with Gasteiger partial charge >= 0.3 is 0 Å². The lowest BCUT2D eigenvalue weighted by Gasteiger charge is -2.33. The van der Waals surface area contributed by atoms with Crippen LogP contribution in [0, 0.1) is 0 Å². The van der Waals surface area contributed by atoms with E-state index in [1.165, 1.54) is 5.56 Å². The van der Waals surface area contributed by atoms with Gasteiger partial charge in [-0.05, 0) is 54.8 Å². The molecule has 144 valence electrons. The molecule has 0 radical (unpaired) electrons. The maximum atomic E-state index is 12.7. The first-order chi connectivity index (χ1) is 12.9. The van der Waals surface area contributed by atoms with Crippen LogP contribution in [0.15, 0.2) is 30.3 Å². The Balaban J connectivity index is 1.74. The van der Waals surface area contributed by atoms with Crippen LogP contribution in [0.3, 0.4) is 0 Å². The number of halogens is 2. The Labute approximate surface area is 169 Å². The number of rotatable bonds is 5. The number of benzene rings is 2. The maximum absolute atomic E-state index is 12.7. The molecule has 2 aromatic carbocycles. The van der Waals surface area contributed by atoms with E-state index in [1.54, 1.807) is 32.4 Å². The van der Waals surface area contributed by atoms with Crippen molar-refractivity contribution in [3.63, 3.8) is 0 Å². The van der Waals surface area contributed by atoms with Gasteiger partial charge in [0.05, 0.1) is 31.0 Å². The molecule has 0 aliphatic carbocycles. The van der Waals surface area contributed by atoms with Crippen LogP contribution in [-0.2, 0) is 17.8 Å². The van der Waals surface area contributed by atoms with Crippen molar-refractivity contribution >= 4 is 34.8 Å². The van der Waals surface area contributed by atoms with E-state index in [1.807, 2.05) is 19.1 Å². The van der Waals surface area contributed by atoms with Gasteiger partial charge < -0.3 is 14.8 Å². The third-order valence-electron chi connectivity index (χ3n) is 4.86. The van der Waals surface area contributed by atoms with E-state index in [0.29, 0.717) is 28.0 Å². The van der Waals surface area contributed by atoms with E-state index in [9.17, 15) is 4.79 Å². The SMILES string of the molecule is COc1cc2c(cc1OC)CN([C@H](C)C(=O)Nc1cc(Cl)ccc1Cl)CC2. The van der Waals surface area contributed by atoms with Gasteiger partial charge in [-0.25, -0.2) is 0 Å². The molecule has 0 saturated heterocycles. The summed E-state index contributed by atoms with van der Waals surface area (Å²) in [5, 5.41) is 3.85. The van der Waals surface area contributed by atoms with E-state index >= 15 is 0 Å². The average Bonchev–Trinajstić information content (AvgIpc) is 2.68. The van der Waals surface area contributed by atoms with Gasteiger partial charge in [-0.2, -0.15) is 0 Å². The van der Waals surface area contributed by atoms with Crippen LogP contribution in [0.5, 0.6) is 11.5 Å². The van der Waals surface area contributed by atoms with Gasteiger partial charge in [-0.3, -0.25) is 9.69 Å². The Morgan fingerprint density at radius 2 is 1.78 bits per heavy atom. The predicted molar refractivity (Wildman–Crippen MR) is 108 cm³/mol. The summed E-state index contributed by atoms with van der Waals surface area (Å²) in [6.07, 6.45) is 0.839. The fraction of sp³-hybridized carbons (Fsp3) is 0.350. The summed E-state index contributed by atoms with van der Waals surface area (Å²) in [6, 6.07) is 8.69. The third kappa shape index (κ3) is 4.32. The maximum Gasteiger partial charge on any atom is 0.241 e. The molecule has 1 atom stereocenters. The standard InChI is InChI=1S/C20H22Cl2N2O3/c1-12(20(25)23-17-10-15(21)4-5-16(17)22)24-7-6-13-8-18(26-2)19(27-3)9-14(13)11-24/h4-5,8-10,12H,6-7,11H2,1-3H3,(H,23,25)/t12-/m1/s1. The molecule has 7 heteroatoms. The molecule has 1 amide bonds. The highest BCUT2D eigenvalue weighted by molar-refractivity contribution is 6.35. The molecule has 5 nitrogen and oxygen atoms in total. The molecule has 1 aliphatic rings. The Morgan fingerprint density at radius 1 is 1.11 bits per heavy atom. The summed E-state index contributed by atoms with van der Waals surface area (Å²) in [7, 11) is 3.25. The van der Waals surface area contributed by atoms with Crippen molar-refractivity contribution in [2.75, 3.05) is 26.1 Å². The van der Waals surface area contributed by atoms with Crippen molar-refractivity contribution < 1.29 is 14.3 Å². The van der Waals surface area contributed by atoms with Crippen LogP contribution >= 0.6 is 23.2 Å². The number of amides is 1. The Bertz CT molecular complexity index is 857. The highest BCUT2D eigenvalue weighted by Crippen LogP contribution is 2.34. The molecule has 0 spiro atoms. The van der Waals surface area contributed by atoms with Crippen molar-refractivity contribution in [1.29, 1.82) is 0 Å². The van der Waals surface area contributed by atoms with Gasteiger partial charge in [0.2, 0.25) is 5.91 Å². The summed E-state index contributed by atoms with van der Waals surface area (Å²) in [5.41, 5.74) is 2.87. The zero-order valence-electron chi connectivity index (χ0n) is 15.5. The molecule has 1 N–H and O–H groups in total. The van der Waals surface area contributed by atoms with Crippen molar-refractivity contribution in [2.24, 2.45) is 0 Å². The van der Waals surface area contributed by atoms with Crippen LogP contribution in [0.4, 0.5) is 5.69 Å². The Hall–Kier alpha value is -1.95. The first-order valence-electron chi connectivity index (χ1n) is 8.66. The number of methoxy groups -OCH3 is 2. The van der Waals surface area contributed by atoms with E-state index in [4.69, 9.17) is 32.7 Å². The molecule has 0 saturated carbocycles. The number of carbonyl (C=O) groups is 1. The Morgan fingerprint density at radius 3 is 2.44 bits per heavy atom. The van der Waals surface area contributed by atoms with E-state index < -0.39 is 0 Å². The molecular weight excluding hydrogens is 387 g/mol. The van der Waals surface area contributed by atoms with Gasteiger partial charge in [-0.15, -0.1) is 0 Å². The summed E-state index contributed by atoms with van der Waals surface area (Å²) in [6.45, 7) is 3.33. The largest absolute Gasteiger partial charge is 0.493 e. The van der Waals surface area contributed by atoms with Crippen molar-refractivity contribution in [3.05, 3.63) is 51.5 Å². The van der Waals surface area contributed by atoms with Gasteiger partial charge in [0.25, 0.3) is 0 Å². The second-order valence-electron chi connectivity index (χ2n) is 6.49. The minimum absolute atomic E-state index is 0.122. The topological polar surface area (TPSA) is 50.8 Å². The molecule has 0 unspecified atom stereocenters. The number of hydrogen-bond donors (Lipinski definition) is 1. The molecule has 27 heavy (non-hydrogen) atoms. The number of fused-ring (bicyclic) bond motifs is 1. The highest BCUT2D eigenvalue weighted by Gasteiger charge is 2.27. The number of ether oxygens (including phenoxy) is 2. The average molecular weight is 409 g/mol. The lowest BCUT2D eigenvalue weighted by molar-refractivity contribution is -0.121. The minimum atomic E-state index is -0.318. The smallest absolute Gasteiger partial charge is 0.241 e. The van der Waals surface area contributed by atoms with Crippen LogP contribution in [-0.4, -0.2) is 37.6 Å². The van der Waals surface area contributed by atoms with E-state index in [0.717, 1.165) is 24.3 Å². The molecule has 0 aromatic heterocycles. The van der Waals surface area contributed by atoms with Crippen molar-refractivity contribution in [3.8, 4) is 11.5 Å². The van der Waals surface area contributed by atoms with Gasteiger partial charge in [0, 0.05) is 18.1 Å². The quantitative estimate of drug-likeness (QED) is 0.796. The molecule has 1 aliphatic heterocycles. The predicted octanol–water partition coefficient (Wildman–Crippen LogP) is 4.40.